The number of aryl methyl sites for hydroxylation is 2. The second-order valence-electron chi connectivity index (χ2n) is 4.68. The van der Waals surface area contributed by atoms with Gasteiger partial charge in [0.05, 0.1) is 12.1 Å². The van der Waals surface area contributed by atoms with Crippen LogP contribution in [0.25, 0.3) is 0 Å². The Kier molecular flexibility index (Phi) is 5.16. The van der Waals surface area contributed by atoms with Crippen molar-refractivity contribution in [1.82, 2.24) is 15.3 Å². The average Bonchev–Trinajstić information content (AvgIpc) is 2.54. The molecule has 7 heteroatoms. The summed E-state index contributed by atoms with van der Waals surface area (Å²) in [6, 6.07) is 3.39. The summed E-state index contributed by atoms with van der Waals surface area (Å²) in [5, 5.41) is 3.09. The van der Waals surface area contributed by atoms with E-state index in [4.69, 9.17) is 22.1 Å². The number of carbonyl (C=O) groups is 1. The lowest BCUT2D eigenvalue weighted by molar-refractivity contribution is 0.0962. The number of nitrogens with zero attached hydrogens (tertiary/aromatic N) is 2. The van der Waals surface area contributed by atoms with Crippen LogP contribution in [0.2, 0.25) is 5.02 Å². The molecule has 0 atom stereocenters. The lowest BCUT2D eigenvalue weighted by Crippen LogP contribution is -2.18. The van der Waals surface area contributed by atoms with Crippen molar-refractivity contribution >= 4 is 23.5 Å². The van der Waals surface area contributed by atoms with Crippen LogP contribution in [-0.4, -0.2) is 30.0 Å². The lowest BCUT2D eigenvalue weighted by Gasteiger charge is -2.11. The highest BCUT2D eigenvalue weighted by Gasteiger charge is 2.13. The number of benzene rings is 1. The summed E-state index contributed by atoms with van der Waals surface area (Å²) in [5.41, 5.74) is 7.74. The van der Waals surface area contributed by atoms with Crippen LogP contribution in [-0.2, 0) is 12.8 Å². The van der Waals surface area contributed by atoms with Gasteiger partial charge < -0.3 is 15.8 Å². The van der Waals surface area contributed by atoms with Gasteiger partial charge in [0.25, 0.3) is 5.91 Å². The zero-order chi connectivity index (χ0) is 16.1. The maximum Gasteiger partial charge on any atom is 0.251 e. The summed E-state index contributed by atoms with van der Waals surface area (Å²) in [5.74, 6) is 0.531. The van der Waals surface area contributed by atoms with Gasteiger partial charge in [0.15, 0.2) is 0 Å². The molecule has 0 saturated carbocycles. The van der Waals surface area contributed by atoms with Gasteiger partial charge in [-0.15, -0.1) is 0 Å². The number of hydrogen-bond donors (Lipinski definition) is 2. The Labute approximate surface area is 133 Å². The van der Waals surface area contributed by atoms with Crippen molar-refractivity contribution in [3.8, 4) is 5.75 Å². The highest BCUT2D eigenvalue weighted by atomic mass is 35.5. The minimum absolute atomic E-state index is 0.188. The number of rotatable bonds is 5. The van der Waals surface area contributed by atoms with Gasteiger partial charge in [-0.2, -0.15) is 0 Å². The fourth-order valence-corrected chi connectivity index (χ4v) is 2.32. The molecular weight excluding hydrogens is 304 g/mol. The fourth-order valence-electron chi connectivity index (χ4n) is 2.03. The maximum absolute atomic E-state index is 11.8. The Morgan fingerprint density at radius 3 is 2.59 bits per heavy atom. The number of methoxy groups -OCH3 is 1. The molecule has 0 aliphatic heterocycles. The summed E-state index contributed by atoms with van der Waals surface area (Å²) < 4.78 is 5.24. The first-order valence-corrected chi connectivity index (χ1v) is 7.07. The van der Waals surface area contributed by atoms with Crippen LogP contribution in [0.1, 0.15) is 21.5 Å². The van der Waals surface area contributed by atoms with Crippen molar-refractivity contribution < 1.29 is 9.53 Å². The first-order chi connectivity index (χ1) is 10.5. The molecule has 0 saturated heterocycles. The Balaban J connectivity index is 2.25. The molecule has 2 aromatic rings. The topological polar surface area (TPSA) is 90.1 Å². The van der Waals surface area contributed by atoms with E-state index in [1.165, 1.54) is 7.11 Å². The van der Waals surface area contributed by atoms with E-state index in [9.17, 15) is 4.79 Å². The molecule has 116 valence electrons. The predicted molar refractivity (Wildman–Crippen MR) is 85.2 cm³/mol. The maximum atomic E-state index is 11.8. The van der Waals surface area contributed by atoms with Crippen LogP contribution in [0.5, 0.6) is 5.75 Å². The second-order valence-corrected chi connectivity index (χ2v) is 5.06. The molecule has 6 nitrogen and oxygen atoms in total. The Morgan fingerprint density at radius 2 is 2.00 bits per heavy atom. The molecule has 0 unspecified atom stereocenters. The highest BCUT2D eigenvalue weighted by Crippen LogP contribution is 2.30. The number of amides is 1. The van der Waals surface area contributed by atoms with E-state index in [1.807, 2.05) is 0 Å². The molecule has 0 aliphatic rings. The quantitative estimate of drug-likeness (QED) is 0.877. The molecular formula is C15H17ClN4O2. The molecule has 1 aromatic carbocycles. The van der Waals surface area contributed by atoms with Gasteiger partial charge in [-0.1, -0.05) is 11.6 Å². The summed E-state index contributed by atoms with van der Waals surface area (Å²) in [6.45, 7) is 0. The van der Waals surface area contributed by atoms with Gasteiger partial charge in [-0.25, -0.2) is 9.97 Å². The first kappa shape index (κ1) is 16.0. The Bertz CT molecular complexity index is 674. The third-order valence-corrected chi connectivity index (χ3v) is 3.66. The smallest absolute Gasteiger partial charge is 0.251 e. The molecule has 1 aromatic heterocycles. The molecule has 0 radical (unpaired) electrons. The van der Waals surface area contributed by atoms with Crippen molar-refractivity contribution in [2.75, 3.05) is 19.9 Å². The van der Waals surface area contributed by atoms with Crippen LogP contribution in [0, 0.1) is 0 Å². The standard InChI is InChI=1S/C15H17ClN4O2/c1-18-14(21)11-5-10(13(16)12(6-11)22-2)4-3-9-7-19-15(17)20-8-9/h5-8H,3-4H2,1-2H3,(H,18,21)(H2,17,19,20). The van der Waals surface area contributed by atoms with Crippen LogP contribution in [0.15, 0.2) is 24.5 Å². The lowest BCUT2D eigenvalue weighted by atomic mass is 10.0. The second kappa shape index (κ2) is 7.09. The van der Waals surface area contributed by atoms with E-state index in [2.05, 4.69) is 15.3 Å². The summed E-state index contributed by atoms with van der Waals surface area (Å²) >= 11 is 6.31. The molecule has 0 bridgehead atoms. The minimum atomic E-state index is -0.188. The van der Waals surface area contributed by atoms with Gasteiger partial charge in [0.2, 0.25) is 5.95 Å². The number of hydrogen-bond acceptors (Lipinski definition) is 5. The molecule has 0 spiro atoms. The molecule has 0 aliphatic carbocycles. The summed E-state index contributed by atoms with van der Waals surface area (Å²) in [4.78, 5) is 19.7. The van der Waals surface area contributed by atoms with Crippen molar-refractivity contribution in [3.63, 3.8) is 0 Å². The van der Waals surface area contributed by atoms with Gasteiger partial charge in [-0.05, 0) is 36.1 Å². The first-order valence-electron chi connectivity index (χ1n) is 6.70. The molecule has 1 heterocycles. The number of nitrogens with one attached hydrogen (secondary N) is 1. The molecule has 2 rings (SSSR count). The van der Waals surface area contributed by atoms with Gasteiger partial charge >= 0.3 is 0 Å². The minimum Gasteiger partial charge on any atom is -0.495 e. The number of carbonyl (C=O) groups excluding carboxylic acids is 1. The number of anilines is 1. The Morgan fingerprint density at radius 1 is 1.32 bits per heavy atom. The van der Waals surface area contributed by atoms with Crippen LogP contribution in [0.4, 0.5) is 5.95 Å². The number of aromatic nitrogens is 2. The monoisotopic (exact) mass is 320 g/mol. The van der Waals surface area contributed by atoms with Crippen molar-refractivity contribution in [1.29, 1.82) is 0 Å². The predicted octanol–water partition coefficient (Wildman–Crippen LogP) is 1.87. The van der Waals surface area contributed by atoms with E-state index in [0.29, 0.717) is 29.2 Å². The van der Waals surface area contributed by atoms with Crippen LogP contribution < -0.4 is 15.8 Å². The van der Waals surface area contributed by atoms with Gasteiger partial charge in [-0.3, -0.25) is 4.79 Å². The SMILES string of the molecule is CNC(=O)c1cc(CCc2cnc(N)nc2)c(Cl)c(OC)c1. The van der Waals surface area contributed by atoms with E-state index in [0.717, 1.165) is 11.1 Å². The van der Waals surface area contributed by atoms with Gasteiger partial charge in [0.1, 0.15) is 5.75 Å². The third-order valence-electron chi connectivity index (χ3n) is 3.23. The van der Waals surface area contributed by atoms with E-state index in [-0.39, 0.29) is 11.9 Å². The number of halogens is 1. The van der Waals surface area contributed by atoms with Crippen LogP contribution in [0.3, 0.4) is 0 Å². The zero-order valence-electron chi connectivity index (χ0n) is 12.4. The largest absolute Gasteiger partial charge is 0.495 e. The summed E-state index contributed by atoms with van der Waals surface area (Å²) in [7, 11) is 3.10. The molecule has 0 fully saturated rings. The number of nitrogen functional groups attached to an aromatic ring is 1. The van der Waals surface area contributed by atoms with E-state index >= 15 is 0 Å². The zero-order valence-corrected chi connectivity index (χ0v) is 13.1. The average molecular weight is 321 g/mol. The van der Waals surface area contributed by atoms with Crippen molar-refractivity contribution in [2.45, 2.75) is 12.8 Å². The van der Waals surface area contributed by atoms with Crippen LogP contribution >= 0.6 is 11.6 Å². The van der Waals surface area contributed by atoms with Gasteiger partial charge in [0, 0.05) is 25.0 Å². The molecule has 1 amide bonds. The molecule has 22 heavy (non-hydrogen) atoms. The number of ether oxygens (including phenoxy) is 1. The molecule has 3 N–H and O–H groups in total. The van der Waals surface area contributed by atoms with Crippen molar-refractivity contribution in [3.05, 3.63) is 46.2 Å². The van der Waals surface area contributed by atoms with E-state index in [1.54, 1.807) is 31.6 Å². The van der Waals surface area contributed by atoms with E-state index < -0.39 is 0 Å². The normalized spacial score (nSPS) is 10.3. The van der Waals surface area contributed by atoms with Crippen molar-refractivity contribution in [2.24, 2.45) is 0 Å². The highest BCUT2D eigenvalue weighted by molar-refractivity contribution is 6.33. The third kappa shape index (κ3) is 3.65. The number of nitrogens with two attached hydrogens (primary N) is 1. The fraction of sp³-hybridized carbons (Fsp3) is 0.267. The Hall–Kier alpha value is -2.34. The summed E-state index contributed by atoms with van der Waals surface area (Å²) in [6.07, 6.45) is 4.67.